The van der Waals surface area contributed by atoms with Gasteiger partial charge in [0.1, 0.15) is 11.6 Å². The van der Waals surface area contributed by atoms with Gasteiger partial charge in [-0.25, -0.2) is 4.39 Å². The van der Waals surface area contributed by atoms with Crippen molar-refractivity contribution >= 4 is 5.78 Å². The fourth-order valence-electron chi connectivity index (χ4n) is 2.04. The monoisotopic (exact) mass is 286 g/mol. The average molecular weight is 286 g/mol. The number of rotatable bonds is 5. The Labute approximate surface area is 124 Å². The van der Waals surface area contributed by atoms with Crippen LogP contribution in [-0.4, -0.2) is 12.4 Å². The van der Waals surface area contributed by atoms with Crippen LogP contribution >= 0.6 is 0 Å². The molecule has 0 fully saturated rings. The Morgan fingerprint density at radius 3 is 2.57 bits per heavy atom. The van der Waals surface area contributed by atoms with Gasteiger partial charge < -0.3 is 4.74 Å². The second kappa shape index (κ2) is 6.53. The van der Waals surface area contributed by atoms with Crippen LogP contribution in [0.3, 0.4) is 0 Å². The first kappa shape index (κ1) is 15.2. The predicted octanol–water partition coefficient (Wildman–Crippen LogP) is 4.52. The van der Waals surface area contributed by atoms with E-state index in [0.29, 0.717) is 11.7 Å². The van der Waals surface area contributed by atoms with Gasteiger partial charge in [-0.2, -0.15) is 0 Å². The van der Waals surface area contributed by atoms with Gasteiger partial charge in [-0.05, 0) is 42.2 Å². The molecule has 2 nitrogen and oxygen atoms in total. The standard InChI is InChI=1S/C18H19FO2/c1-12(2)14-9-8-13(3)18(10-14)21-11-17(20)15-6-4-5-7-16(15)19/h4-10,12H,11H2,1-3H3. The molecule has 0 radical (unpaired) electrons. The molecule has 0 heterocycles. The molecular weight excluding hydrogens is 267 g/mol. The molecule has 0 aliphatic rings. The van der Waals surface area contributed by atoms with Crippen molar-refractivity contribution in [2.45, 2.75) is 26.7 Å². The largest absolute Gasteiger partial charge is 0.485 e. The van der Waals surface area contributed by atoms with E-state index in [1.54, 1.807) is 12.1 Å². The Balaban J connectivity index is 2.11. The number of ketones is 1. The van der Waals surface area contributed by atoms with E-state index in [2.05, 4.69) is 13.8 Å². The third-order valence-electron chi connectivity index (χ3n) is 3.41. The molecule has 0 saturated heterocycles. The molecule has 0 unspecified atom stereocenters. The normalized spacial score (nSPS) is 10.7. The molecule has 21 heavy (non-hydrogen) atoms. The van der Waals surface area contributed by atoms with E-state index in [0.717, 1.165) is 11.1 Å². The number of aryl methyl sites for hydroxylation is 1. The maximum absolute atomic E-state index is 13.5. The molecule has 0 saturated carbocycles. The molecule has 0 N–H and O–H groups in total. The highest BCUT2D eigenvalue weighted by Gasteiger charge is 2.12. The quantitative estimate of drug-likeness (QED) is 0.755. The number of halogens is 1. The summed E-state index contributed by atoms with van der Waals surface area (Å²) in [5.41, 5.74) is 2.17. The third-order valence-corrected chi connectivity index (χ3v) is 3.41. The first-order chi connectivity index (χ1) is 9.99. The van der Waals surface area contributed by atoms with Gasteiger partial charge in [-0.1, -0.05) is 38.1 Å². The van der Waals surface area contributed by atoms with Gasteiger partial charge in [0.05, 0.1) is 5.56 Å². The number of hydrogen-bond acceptors (Lipinski definition) is 2. The topological polar surface area (TPSA) is 26.3 Å². The molecule has 0 aliphatic carbocycles. The average Bonchev–Trinajstić information content (AvgIpc) is 2.46. The Morgan fingerprint density at radius 1 is 1.19 bits per heavy atom. The molecule has 2 rings (SSSR count). The summed E-state index contributed by atoms with van der Waals surface area (Å²) in [7, 11) is 0. The number of carbonyl (C=O) groups is 1. The molecule has 3 heteroatoms. The van der Waals surface area contributed by atoms with Crippen LogP contribution in [0.5, 0.6) is 5.75 Å². The maximum atomic E-state index is 13.5. The molecule has 0 bridgehead atoms. The number of Topliss-reactive ketones (excluding diaryl/α,β-unsaturated/α-hetero) is 1. The van der Waals surface area contributed by atoms with E-state index < -0.39 is 5.82 Å². The van der Waals surface area contributed by atoms with Crippen LogP contribution < -0.4 is 4.74 Å². The summed E-state index contributed by atoms with van der Waals surface area (Å²) in [6, 6.07) is 11.9. The smallest absolute Gasteiger partial charge is 0.203 e. The first-order valence-corrected chi connectivity index (χ1v) is 7.00. The van der Waals surface area contributed by atoms with Gasteiger partial charge in [-0.15, -0.1) is 0 Å². The number of carbonyl (C=O) groups excluding carboxylic acids is 1. The van der Waals surface area contributed by atoms with Gasteiger partial charge >= 0.3 is 0 Å². The molecule has 0 aliphatic heterocycles. The van der Waals surface area contributed by atoms with Crippen LogP contribution in [0.2, 0.25) is 0 Å². The van der Waals surface area contributed by atoms with Crippen molar-refractivity contribution in [1.82, 2.24) is 0 Å². The van der Waals surface area contributed by atoms with E-state index in [4.69, 9.17) is 4.74 Å². The minimum Gasteiger partial charge on any atom is -0.485 e. The van der Waals surface area contributed by atoms with Crippen molar-refractivity contribution in [3.8, 4) is 5.75 Å². The Morgan fingerprint density at radius 2 is 1.90 bits per heavy atom. The fourth-order valence-corrected chi connectivity index (χ4v) is 2.04. The van der Waals surface area contributed by atoms with E-state index in [1.165, 1.54) is 12.1 Å². The summed E-state index contributed by atoms with van der Waals surface area (Å²) < 4.78 is 19.1. The predicted molar refractivity (Wildman–Crippen MR) is 81.5 cm³/mol. The zero-order valence-corrected chi connectivity index (χ0v) is 12.5. The van der Waals surface area contributed by atoms with Crippen molar-refractivity contribution in [1.29, 1.82) is 0 Å². The summed E-state index contributed by atoms with van der Waals surface area (Å²) in [6.45, 7) is 5.95. The highest BCUT2D eigenvalue weighted by atomic mass is 19.1. The van der Waals surface area contributed by atoms with Crippen molar-refractivity contribution in [2.75, 3.05) is 6.61 Å². The van der Waals surface area contributed by atoms with Crippen molar-refractivity contribution in [3.05, 3.63) is 65.0 Å². The molecule has 0 amide bonds. The lowest BCUT2D eigenvalue weighted by Gasteiger charge is -2.12. The van der Waals surface area contributed by atoms with Gasteiger partial charge in [0.2, 0.25) is 5.78 Å². The molecule has 2 aromatic rings. The van der Waals surface area contributed by atoms with E-state index in [1.807, 2.05) is 25.1 Å². The minimum absolute atomic E-state index is 0.0650. The Kier molecular flexibility index (Phi) is 4.73. The van der Waals surface area contributed by atoms with E-state index in [-0.39, 0.29) is 18.0 Å². The molecule has 110 valence electrons. The van der Waals surface area contributed by atoms with E-state index in [9.17, 15) is 9.18 Å². The molecule has 2 aromatic carbocycles. The maximum Gasteiger partial charge on any atom is 0.203 e. The number of ether oxygens (including phenoxy) is 1. The molecule has 0 aromatic heterocycles. The van der Waals surface area contributed by atoms with Crippen LogP contribution in [0.25, 0.3) is 0 Å². The highest BCUT2D eigenvalue weighted by Crippen LogP contribution is 2.24. The SMILES string of the molecule is Cc1ccc(C(C)C)cc1OCC(=O)c1ccccc1F. The molecule has 0 spiro atoms. The van der Waals surface area contributed by atoms with Crippen LogP contribution in [0.1, 0.15) is 41.3 Å². The molecular formula is C18H19FO2. The fraction of sp³-hybridized carbons (Fsp3) is 0.278. The first-order valence-electron chi connectivity index (χ1n) is 7.00. The van der Waals surface area contributed by atoms with Gasteiger partial charge in [0, 0.05) is 0 Å². The summed E-state index contributed by atoms with van der Waals surface area (Å²) >= 11 is 0. The highest BCUT2D eigenvalue weighted by molar-refractivity contribution is 5.97. The minimum atomic E-state index is -0.515. The van der Waals surface area contributed by atoms with Crippen molar-refractivity contribution in [2.24, 2.45) is 0 Å². The number of hydrogen-bond donors (Lipinski definition) is 0. The summed E-state index contributed by atoms with van der Waals surface area (Å²) in [5, 5.41) is 0. The van der Waals surface area contributed by atoms with Gasteiger partial charge in [-0.3, -0.25) is 4.79 Å². The lowest BCUT2D eigenvalue weighted by molar-refractivity contribution is 0.0917. The summed E-state index contributed by atoms with van der Waals surface area (Å²) in [5.74, 6) is 0.183. The van der Waals surface area contributed by atoms with Crippen LogP contribution in [0.4, 0.5) is 4.39 Å². The Hall–Kier alpha value is -2.16. The summed E-state index contributed by atoms with van der Waals surface area (Å²) in [4.78, 5) is 12.0. The van der Waals surface area contributed by atoms with Crippen LogP contribution in [0.15, 0.2) is 42.5 Å². The lowest BCUT2D eigenvalue weighted by atomic mass is 10.0. The van der Waals surface area contributed by atoms with Crippen molar-refractivity contribution < 1.29 is 13.9 Å². The van der Waals surface area contributed by atoms with Crippen molar-refractivity contribution in [3.63, 3.8) is 0 Å². The van der Waals surface area contributed by atoms with Crippen LogP contribution in [0, 0.1) is 12.7 Å². The second-order valence-electron chi connectivity index (χ2n) is 5.37. The zero-order valence-electron chi connectivity index (χ0n) is 12.5. The third kappa shape index (κ3) is 3.69. The zero-order chi connectivity index (χ0) is 15.4. The number of benzene rings is 2. The Bertz CT molecular complexity index is 647. The summed E-state index contributed by atoms with van der Waals surface area (Å²) in [6.07, 6.45) is 0. The molecule has 0 atom stereocenters. The van der Waals surface area contributed by atoms with E-state index >= 15 is 0 Å². The lowest BCUT2D eigenvalue weighted by Crippen LogP contribution is -2.13. The van der Waals surface area contributed by atoms with Gasteiger partial charge in [0.15, 0.2) is 6.61 Å². The van der Waals surface area contributed by atoms with Crippen LogP contribution in [-0.2, 0) is 0 Å². The van der Waals surface area contributed by atoms with Gasteiger partial charge in [0.25, 0.3) is 0 Å². The second-order valence-corrected chi connectivity index (χ2v) is 5.37.